The highest BCUT2D eigenvalue weighted by atomic mass is 16.5. The molecule has 0 unspecified atom stereocenters. The third kappa shape index (κ3) is 3.39. The summed E-state index contributed by atoms with van der Waals surface area (Å²) in [5, 5.41) is 10.9. The van der Waals surface area contributed by atoms with Crippen LogP contribution in [0.3, 0.4) is 0 Å². The molecule has 1 N–H and O–H groups in total. The average Bonchev–Trinajstić information content (AvgIpc) is 3.10. The predicted molar refractivity (Wildman–Crippen MR) is 123 cm³/mol. The number of fused-ring (bicyclic) bond motifs is 5. The van der Waals surface area contributed by atoms with Crippen LogP contribution >= 0.6 is 0 Å². The van der Waals surface area contributed by atoms with Crippen molar-refractivity contribution >= 4 is 5.91 Å². The van der Waals surface area contributed by atoms with Crippen LogP contribution in [0, 0.1) is 17.8 Å². The van der Waals surface area contributed by atoms with Gasteiger partial charge in [-0.3, -0.25) is 4.79 Å². The van der Waals surface area contributed by atoms with Gasteiger partial charge in [0.05, 0.1) is 26.4 Å². The molecule has 2 aliphatic heterocycles. The number of rotatable bonds is 5. The van der Waals surface area contributed by atoms with Gasteiger partial charge in [-0.15, -0.1) is 0 Å². The van der Waals surface area contributed by atoms with E-state index in [0.717, 1.165) is 30.7 Å². The molecule has 32 heavy (non-hydrogen) atoms. The van der Waals surface area contributed by atoms with Gasteiger partial charge in [0, 0.05) is 12.5 Å². The first-order valence-electron chi connectivity index (χ1n) is 11.5. The van der Waals surface area contributed by atoms with Crippen molar-refractivity contribution < 1.29 is 19.4 Å². The summed E-state index contributed by atoms with van der Waals surface area (Å²) in [4.78, 5) is 15.7. The summed E-state index contributed by atoms with van der Waals surface area (Å²) in [5.41, 5.74) is 4.64. The topological polar surface area (TPSA) is 59.0 Å². The number of methoxy groups -OCH3 is 2. The lowest BCUT2D eigenvalue weighted by Gasteiger charge is -2.37. The molecule has 2 heterocycles. The lowest BCUT2D eigenvalue weighted by molar-refractivity contribution is -0.133. The molecule has 0 radical (unpaired) electrons. The van der Waals surface area contributed by atoms with Crippen LogP contribution in [0.4, 0.5) is 0 Å². The number of benzene rings is 2. The molecule has 0 bridgehead atoms. The Balaban J connectivity index is 1.49. The summed E-state index contributed by atoms with van der Waals surface area (Å²) in [6, 6.07) is 14.0. The zero-order chi connectivity index (χ0) is 22.4. The number of nitrogens with zero attached hydrogens (tertiary/aromatic N) is 1. The van der Waals surface area contributed by atoms with E-state index in [1.807, 2.05) is 30.3 Å². The number of carbonyl (C=O) groups is 1. The first kappa shape index (κ1) is 21.1. The van der Waals surface area contributed by atoms with Crippen LogP contribution in [0.15, 0.2) is 54.1 Å². The number of aliphatic hydroxyl groups is 1. The summed E-state index contributed by atoms with van der Waals surface area (Å²) < 4.78 is 11.1. The molecule has 5 rings (SSSR count). The van der Waals surface area contributed by atoms with Crippen molar-refractivity contribution in [1.82, 2.24) is 4.90 Å². The number of aliphatic hydroxyl groups excluding tert-OH is 1. The number of amides is 1. The van der Waals surface area contributed by atoms with Crippen molar-refractivity contribution in [2.24, 2.45) is 17.8 Å². The van der Waals surface area contributed by atoms with Gasteiger partial charge in [-0.2, -0.15) is 0 Å². The number of ether oxygens (including phenoxy) is 2. The van der Waals surface area contributed by atoms with Crippen molar-refractivity contribution in [1.29, 1.82) is 0 Å². The van der Waals surface area contributed by atoms with Crippen LogP contribution in [0.5, 0.6) is 11.5 Å². The molecule has 1 saturated heterocycles. The number of hydrogen-bond acceptors (Lipinski definition) is 4. The van der Waals surface area contributed by atoms with Gasteiger partial charge in [-0.1, -0.05) is 42.0 Å². The Kier molecular flexibility index (Phi) is 5.46. The van der Waals surface area contributed by atoms with E-state index in [-0.39, 0.29) is 29.7 Å². The van der Waals surface area contributed by atoms with Crippen molar-refractivity contribution in [3.63, 3.8) is 0 Å². The lowest BCUT2D eigenvalue weighted by Crippen LogP contribution is -2.36. The third-order valence-electron chi connectivity index (χ3n) is 7.55. The summed E-state index contributed by atoms with van der Waals surface area (Å²) >= 11 is 0. The largest absolute Gasteiger partial charge is 0.493 e. The van der Waals surface area contributed by atoms with Gasteiger partial charge in [-0.05, 0) is 66.8 Å². The van der Waals surface area contributed by atoms with Crippen LogP contribution in [-0.2, 0) is 11.2 Å². The average molecular weight is 434 g/mol. The normalized spacial score (nSPS) is 27.2. The number of carbonyl (C=O) groups excluding carboxylic acids is 1. The molecule has 1 amide bonds. The molecular weight excluding hydrogens is 402 g/mol. The van der Waals surface area contributed by atoms with E-state index in [2.05, 4.69) is 30.0 Å². The second kappa shape index (κ2) is 8.28. The van der Waals surface area contributed by atoms with E-state index >= 15 is 0 Å². The van der Waals surface area contributed by atoms with Gasteiger partial charge in [0.2, 0.25) is 5.91 Å². The van der Waals surface area contributed by atoms with Crippen LogP contribution in [0.1, 0.15) is 48.6 Å². The summed E-state index contributed by atoms with van der Waals surface area (Å²) in [6.07, 6.45) is 3.95. The Morgan fingerprint density at radius 3 is 2.56 bits per heavy atom. The Labute approximate surface area is 189 Å². The van der Waals surface area contributed by atoms with E-state index < -0.39 is 6.10 Å². The van der Waals surface area contributed by atoms with Crippen LogP contribution < -0.4 is 9.47 Å². The molecule has 2 aromatic rings. The maximum absolute atomic E-state index is 13.7. The van der Waals surface area contributed by atoms with Gasteiger partial charge in [0.15, 0.2) is 11.5 Å². The molecule has 1 aliphatic carbocycles. The minimum atomic E-state index is -0.578. The molecule has 0 aromatic heterocycles. The zero-order valence-electron chi connectivity index (χ0n) is 19.0. The summed E-state index contributed by atoms with van der Waals surface area (Å²) in [6.45, 7) is 2.88. The maximum Gasteiger partial charge on any atom is 0.227 e. The van der Waals surface area contributed by atoms with Gasteiger partial charge < -0.3 is 19.5 Å². The highest BCUT2D eigenvalue weighted by Gasteiger charge is 2.54. The summed E-state index contributed by atoms with van der Waals surface area (Å²) in [7, 11) is 3.31. The second-order valence-corrected chi connectivity index (χ2v) is 9.37. The number of hydrogen-bond donors (Lipinski definition) is 1. The predicted octanol–water partition coefficient (Wildman–Crippen LogP) is 4.47. The third-order valence-corrected chi connectivity index (χ3v) is 7.55. The Hall–Kier alpha value is -2.79. The molecule has 168 valence electrons. The van der Waals surface area contributed by atoms with Crippen molar-refractivity contribution in [2.75, 3.05) is 20.8 Å². The highest BCUT2D eigenvalue weighted by molar-refractivity contribution is 5.84. The molecule has 0 saturated carbocycles. The van der Waals surface area contributed by atoms with Crippen molar-refractivity contribution in [3.05, 3.63) is 70.8 Å². The minimum absolute atomic E-state index is 0.0330. The van der Waals surface area contributed by atoms with Gasteiger partial charge in [-0.25, -0.2) is 0 Å². The monoisotopic (exact) mass is 433 g/mol. The fourth-order valence-electron chi connectivity index (χ4n) is 6.19. The Morgan fingerprint density at radius 1 is 1.12 bits per heavy atom. The molecule has 1 fully saturated rings. The van der Waals surface area contributed by atoms with E-state index in [1.54, 1.807) is 14.2 Å². The van der Waals surface area contributed by atoms with E-state index in [4.69, 9.17) is 9.47 Å². The quantitative estimate of drug-likeness (QED) is 0.707. The van der Waals surface area contributed by atoms with E-state index in [9.17, 15) is 9.90 Å². The van der Waals surface area contributed by atoms with Gasteiger partial charge in [0.25, 0.3) is 0 Å². The molecule has 3 aliphatic rings. The van der Waals surface area contributed by atoms with Crippen molar-refractivity contribution in [3.8, 4) is 11.5 Å². The zero-order valence-corrected chi connectivity index (χ0v) is 19.0. The van der Waals surface area contributed by atoms with E-state index in [1.165, 1.54) is 16.7 Å². The van der Waals surface area contributed by atoms with Crippen LogP contribution in [0.25, 0.3) is 0 Å². The standard InChI is InChI=1S/C27H31NO4/c1-16-11-19(13-22(29)17-7-5-4-6-8-17)25-21(12-16)26-20-15-24(32-3)23(31-2)14-18(20)9-10-28(26)27(25)30/h4-8,11,14-15,19,21-22,25-26,29H,9-10,12-13H2,1-3H3/t19-,21-,22+,25+,26-/m1/s1. The van der Waals surface area contributed by atoms with Gasteiger partial charge >= 0.3 is 0 Å². The Morgan fingerprint density at radius 2 is 1.84 bits per heavy atom. The molecule has 0 spiro atoms. The summed E-state index contributed by atoms with van der Waals surface area (Å²) in [5.74, 6) is 1.83. The first-order valence-corrected chi connectivity index (χ1v) is 11.5. The smallest absolute Gasteiger partial charge is 0.227 e. The molecule has 5 atom stereocenters. The molecule has 5 nitrogen and oxygen atoms in total. The maximum atomic E-state index is 13.7. The fraction of sp³-hybridized carbons (Fsp3) is 0.444. The van der Waals surface area contributed by atoms with Crippen LogP contribution in [-0.4, -0.2) is 36.7 Å². The van der Waals surface area contributed by atoms with E-state index in [0.29, 0.717) is 12.2 Å². The second-order valence-electron chi connectivity index (χ2n) is 9.37. The highest BCUT2D eigenvalue weighted by Crippen LogP contribution is 2.54. The molecular formula is C27H31NO4. The number of allylic oxidation sites excluding steroid dienone is 2. The molecule has 5 heteroatoms. The van der Waals surface area contributed by atoms with Gasteiger partial charge in [0.1, 0.15) is 0 Å². The minimum Gasteiger partial charge on any atom is -0.493 e. The molecule has 2 aromatic carbocycles. The Bertz CT molecular complexity index is 1050. The lowest BCUT2D eigenvalue weighted by atomic mass is 9.69. The SMILES string of the molecule is COc1cc2c(cc1OC)[C@@H]1[C@@H]3CC(C)=C[C@H](C[C@H](O)c4ccccc4)[C@@H]3C(=O)N1CC2. The fourth-order valence-corrected chi connectivity index (χ4v) is 6.19. The first-order chi connectivity index (χ1) is 15.5. The van der Waals surface area contributed by atoms with Crippen LogP contribution in [0.2, 0.25) is 0 Å². The van der Waals surface area contributed by atoms with Crippen molar-refractivity contribution in [2.45, 2.75) is 38.3 Å².